The number of para-hydroxylation sites is 1. The van der Waals surface area contributed by atoms with Crippen LogP contribution in [0.3, 0.4) is 0 Å². The van der Waals surface area contributed by atoms with Gasteiger partial charge in [-0.3, -0.25) is 0 Å². The standard InChI is InChI=1S/C14H20ClNO/c1-11(5-4-8-15)16-10-13-9-12-6-2-3-7-14(12)17-13/h2-3,6-7,11,13,16H,4-5,8-10H2,1H3. The van der Waals surface area contributed by atoms with E-state index >= 15 is 0 Å². The summed E-state index contributed by atoms with van der Waals surface area (Å²) in [5.41, 5.74) is 1.33. The molecule has 0 aromatic heterocycles. The zero-order valence-corrected chi connectivity index (χ0v) is 11.0. The molecule has 1 heterocycles. The molecule has 0 spiro atoms. The van der Waals surface area contributed by atoms with E-state index < -0.39 is 0 Å². The highest BCUT2D eigenvalue weighted by Crippen LogP contribution is 2.27. The van der Waals surface area contributed by atoms with Crippen LogP contribution < -0.4 is 10.1 Å². The van der Waals surface area contributed by atoms with Gasteiger partial charge in [-0.2, -0.15) is 0 Å². The van der Waals surface area contributed by atoms with Gasteiger partial charge >= 0.3 is 0 Å². The molecule has 1 aromatic carbocycles. The monoisotopic (exact) mass is 253 g/mol. The van der Waals surface area contributed by atoms with E-state index in [-0.39, 0.29) is 6.10 Å². The van der Waals surface area contributed by atoms with Crippen molar-refractivity contribution < 1.29 is 4.74 Å². The van der Waals surface area contributed by atoms with Crippen LogP contribution in [0.5, 0.6) is 5.75 Å². The Bertz CT molecular complexity index is 331. The van der Waals surface area contributed by atoms with Gasteiger partial charge in [0, 0.05) is 24.9 Å². The second kappa shape index (κ2) is 6.27. The molecule has 0 bridgehead atoms. The van der Waals surface area contributed by atoms with Gasteiger partial charge in [0.15, 0.2) is 0 Å². The van der Waals surface area contributed by atoms with Gasteiger partial charge in [-0.25, -0.2) is 0 Å². The molecule has 0 aliphatic carbocycles. The molecule has 0 saturated heterocycles. The van der Waals surface area contributed by atoms with Gasteiger partial charge in [-0.15, -0.1) is 11.6 Å². The van der Waals surface area contributed by atoms with Crippen LogP contribution in [0.4, 0.5) is 0 Å². The predicted octanol–water partition coefficient (Wildman–Crippen LogP) is 2.99. The number of benzene rings is 1. The first-order valence-electron chi connectivity index (χ1n) is 6.33. The molecular formula is C14H20ClNO. The van der Waals surface area contributed by atoms with E-state index in [1.807, 2.05) is 12.1 Å². The van der Waals surface area contributed by atoms with E-state index in [0.29, 0.717) is 6.04 Å². The number of fused-ring (bicyclic) bond motifs is 1. The van der Waals surface area contributed by atoms with Crippen molar-refractivity contribution >= 4 is 11.6 Å². The Kier molecular flexibility index (Phi) is 4.69. The molecule has 2 nitrogen and oxygen atoms in total. The van der Waals surface area contributed by atoms with Gasteiger partial charge in [0.1, 0.15) is 11.9 Å². The summed E-state index contributed by atoms with van der Waals surface area (Å²) in [4.78, 5) is 0. The van der Waals surface area contributed by atoms with E-state index in [2.05, 4.69) is 24.4 Å². The third-order valence-corrected chi connectivity index (χ3v) is 3.45. The first kappa shape index (κ1) is 12.7. The molecule has 0 saturated carbocycles. The third-order valence-electron chi connectivity index (χ3n) is 3.18. The summed E-state index contributed by atoms with van der Waals surface area (Å²) in [6, 6.07) is 8.80. The predicted molar refractivity (Wildman–Crippen MR) is 72.0 cm³/mol. The van der Waals surface area contributed by atoms with Crippen LogP contribution in [0.15, 0.2) is 24.3 Å². The van der Waals surface area contributed by atoms with Gasteiger partial charge in [-0.05, 0) is 31.4 Å². The Morgan fingerprint density at radius 1 is 1.47 bits per heavy atom. The van der Waals surface area contributed by atoms with E-state index in [1.165, 1.54) is 5.56 Å². The van der Waals surface area contributed by atoms with E-state index in [9.17, 15) is 0 Å². The molecule has 1 aliphatic heterocycles. The molecule has 1 aromatic rings. The lowest BCUT2D eigenvalue weighted by Crippen LogP contribution is -2.35. The van der Waals surface area contributed by atoms with Crippen LogP contribution in [-0.2, 0) is 6.42 Å². The summed E-state index contributed by atoms with van der Waals surface area (Å²) >= 11 is 5.68. The highest BCUT2D eigenvalue weighted by molar-refractivity contribution is 6.17. The second-order valence-electron chi connectivity index (χ2n) is 4.69. The average Bonchev–Trinajstić information content (AvgIpc) is 2.76. The molecule has 0 fully saturated rings. The van der Waals surface area contributed by atoms with Crippen molar-refractivity contribution in [3.05, 3.63) is 29.8 Å². The normalized spacial score (nSPS) is 19.8. The molecule has 2 rings (SSSR count). The lowest BCUT2D eigenvalue weighted by molar-refractivity contribution is 0.221. The Morgan fingerprint density at radius 3 is 3.06 bits per heavy atom. The van der Waals surface area contributed by atoms with Crippen molar-refractivity contribution in [2.75, 3.05) is 12.4 Å². The molecule has 94 valence electrons. The molecular weight excluding hydrogens is 234 g/mol. The minimum Gasteiger partial charge on any atom is -0.488 e. The van der Waals surface area contributed by atoms with Gasteiger partial charge in [0.25, 0.3) is 0 Å². The number of hydrogen-bond donors (Lipinski definition) is 1. The topological polar surface area (TPSA) is 21.3 Å². The summed E-state index contributed by atoms with van der Waals surface area (Å²) in [5.74, 6) is 1.80. The summed E-state index contributed by atoms with van der Waals surface area (Å²) in [5, 5.41) is 3.51. The summed E-state index contributed by atoms with van der Waals surface area (Å²) < 4.78 is 5.87. The Hall–Kier alpha value is -0.730. The number of halogens is 1. The van der Waals surface area contributed by atoms with Crippen molar-refractivity contribution in [2.24, 2.45) is 0 Å². The molecule has 1 N–H and O–H groups in total. The van der Waals surface area contributed by atoms with E-state index in [0.717, 1.165) is 37.4 Å². The zero-order chi connectivity index (χ0) is 12.1. The molecule has 0 amide bonds. The smallest absolute Gasteiger partial charge is 0.123 e. The van der Waals surface area contributed by atoms with Gasteiger partial charge in [-0.1, -0.05) is 18.2 Å². The van der Waals surface area contributed by atoms with Crippen LogP contribution in [0.2, 0.25) is 0 Å². The largest absolute Gasteiger partial charge is 0.488 e. The maximum absolute atomic E-state index is 5.87. The Labute approximate surface area is 108 Å². The van der Waals surface area contributed by atoms with Gasteiger partial charge in [0.05, 0.1) is 0 Å². The fourth-order valence-electron chi connectivity index (χ4n) is 2.19. The van der Waals surface area contributed by atoms with Crippen molar-refractivity contribution in [3.63, 3.8) is 0 Å². The quantitative estimate of drug-likeness (QED) is 0.787. The lowest BCUT2D eigenvalue weighted by atomic mass is 10.1. The SMILES string of the molecule is CC(CCCCl)NCC1Cc2ccccc2O1. The summed E-state index contributed by atoms with van der Waals surface area (Å²) in [6.45, 7) is 3.12. The van der Waals surface area contributed by atoms with Crippen LogP contribution in [0, 0.1) is 0 Å². The van der Waals surface area contributed by atoms with Gasteiger partial charge < -0.3 is 10.1 Å². The van der Waals surface area contributed by atoms with Crippen molar-refractivity contribution in [3.8, 4) is 5.75 Å². The first-order valence-corrected chi connectivity index (χ1v) is 6.87. The maximum Gasteiger partial charge on any atom is 0.123 e. The Balaban J connectivity index is 1.73. The Morgan fingerprint density at radius 2 is 2.29 bits per heavy atom. The van der Waals surface area contributed by atoms with Crippen molar-refractivity contribution in [1.82, 2.24) is 5.32 Å². The van der Waals surface area contributed by atoms with Crippen molar-refractivity contribution in [2.45, 2.75) is 38.3 Å². The van der Waals surface area contributed by atoms with Gasteiger partial charge in [0.2, 0.25) is 0 Å². The number of alkyl halides is 1. The molecule has 0 radical (unpaired) electrons. The fourth-order valence-corrected chi connectivity index (χ4v) is 2.34. The lowest BCUT2D eigenvalue weighted by Gasteiger charge is -2.16. The minimum atomic E-state index is 0.283. The van der Waals surface area contributed by atoms with Crippen LogP contribution in [-0.4, -0.2) is 24.6 Å². The fraction of sp³-hybridized carbons (Fsp3) is 0.571. The molecule has 3 heteroatoms. The summed E-state index contributed by atoms with van der Waals surface area (Å²) in [7, 11) is 0. The number of ether oxygens (including phenoxy) is 1. The second-order valence-corrected chi connectivity index (χ2v) is 5.07. The highest BCUT2D eigenvalue weighted by atomic mass is 35.5. The average molecular weight is 254 g/mol. The minimum absolute atomic E-state index is 0.283. The molecule has 2 unspecified atom stereocenters. The van der Waals surface area contributed by atoms with Crippen LogP contribution >= 0.6 is 11.6 Å². The highest BCUT2D eigenvalue weighted by Gasteiger charge is 2.22. The molecule has 17 heavy (non-hydrogen) atoms. The third kappa shape index (κ3) is 3.62. The molecule has 2 atom stereocenters. The number of rotatable bonds is 6. The van der Waals surface area contributed by atoms with Crippen LogP contribution in [0.25, 0.3) is 0 Å². The first-order chi connectivity index (χ1) is 8.29. The van der Waals surface area contributed by atoms with Crippen LogP contribution in [0.1, 0.15) is 25.3 Å². The van der Waals surface area contributed by atoms with E-state index in [4.69, 9.17) is 16.3 Å². The number of nitrogens with one attached hydrogen (secondary N) is 1. The van der Waals surface area contributed by atoms with E-state index in [1.54, 1.807) is 0 Å². The number of hydrogen-bond acceptors (Lipinski definition) is 2. The zero-order valence-electron chi connectivity index (χ0n) is 10.3. The molecule has 1 aliphatic rings. The maximum atomic E-state index is 5.87. The summed E-state index contributed by atoms with van der Waals surface area (Å²) in [6.07, 6.45) is 3.50. The van der Waals surface area contributed by atoms with Crippen molar-refractivity contribution in [1.29, 1.82) is 0 Å².